The van der Waals surface area contributed by atoms with E-state index in [4.69, 9.17) is 5.26 Å². The van der Waals surface area contributed by atoms with Crippen molar-refractivity contribution < 1.29 is 13.2 Å². The number of nitrogens with one attached hydrogen (secondary N) is 1. The van der Waals surface area contributed by atoms with E-state index in [-0.39, 0.29) is 17.0 Å². The van der Waals surface area contributed by atoms with E-state index in [0.717, 1.165) is 4.31 Å². The van der Waals surface area contributed by atoms with Crippen LogP contribution in [0.3, 0.4) is 0 Å². The number of sulfonamides is 1. The number of nitriles is 1. The molecule has 0 heterocycles. The Morgan fingerprint density at radius 2 is 2.17 bits per heavy atom. The molecule has 18 heavy (non-hydrogen) atoms. The summed E-state index contributed by atoms with van der Waals surface area (Å²) in [6.45, 7) is -0.268. The fraction of sp³-hybridized carbons (Fsp3) is 0.273. The highest BCUT2D eigenvalue weighted by Crippen LogP contribution is 2.15. The summed E-state index contributed by atoms with van der Waals surface area (Å²) in [6, 6.07) is 7.52. The largest absolute Gasteiger partial charge is 0.358 e. The van der Waals surface area contributed by atoms with E-state index in [1.807, 2.05) is 6.07 Å². The molecule has 6 nitrogen and oxygen atoms in total. The van der Waals surface area contributed by atoms with Crippen molar-refractivity contribution in [1.29, 1.82) is 5.26 Å². The van der Waals surface area contributed by atoms with Crippen molar-refractivity contribution >= 4 is 15.9 Å². The van der Waals surface area contributed by atoms with Crippen molar-refractivity contribution in [2.45, 2.75) is 4.90 Å². The molecule has 0 aromatic heterocycles. The van der Waals surface area contributed by atoms with E-state index in [1.54, 1.807) is 0 Å². The third-order valence-electron chi connectivity index (χ3n) is 2.32. The minimum absolute atomic E-state index is 0.00652. The third-order valence-corrected chi connectivity index (χ3v) is 4.12. The Balaban J connectivity index is 3.06. The molecule has 1 rings (SSSR count). The minimum Gasteiger partial charge on any atom is -0.358 e. The number of likely N-dealkylation sites (N-methyl/N-ethyl adjacent to an activating group) is 2. The molecular formula is C11H13N3O3S. The van der Waals surface area contributed by atoms with Crippen LogP contribution in [0.15, 0.2) is 29.2 Å². The predicted molar refractivity (Wildman–Crippen MR) is 65.0 cm³/mol. The molecule has 0 atom stereocenters. The summed E-state index contributed by atoms with van der Waals surface area (Å²) in [5.74, 6) is -0.405. The van der Waals surface area contributed by atoms with Gasteiger partial charge in [-0.2, -0.15) is 9.57 Å². The van der Waals surface area contributed by atoms with Crippen molar-refractivity contribution in [3.8, 4) is 6.07 Å². The Bertz CT molecular complexity index is 590. The van der Waals surface area contributed by atoms with Crippen LogP contribution in [0.5, 0.6) is 0 Å². The monoisotopic (exact) mass is 267 g/mol. The number of hydrogen-bond acceptors (Lipinski definition) is 4. The Kier molecular flexibility index (Phi) is 4.42. The van der Waals surface area contributed by atoms with Crippen molar-refractivity contribution in [3.63, 3.8) is 0 Å². The van der Waals surface area contributed by atoms with E-state index >= 15 is 0 Å². The number of rotatable bonds is 4. The van der Waals surface area contributed by atoms with Crippen LogP contribution in [0.4, 0.5) is 0 Å². The van der Waals surface area contributed by atoms with Crippen molar-refractivity contribution in [2.75, 3.05) is 20.6 Å². The average Bonchev–Trinajstić information content (AvgIpc) is 2.38. The van der Waals surface area contributed by atoms with Crippen LogP contribution >= 0.6 is 0 Å². The molecule has 0 bridgehead atoms. The number of carbonyl (C=O) groups is 1. The molecule has 0 spiro atoms. The number of hydrogen-bond donors (Lipinski definition) is 1. The maximum Gasteiger partial charge on any atom is 0.243 e. The van der Waals surface area contributed by atoms with Gasteiger partial charge in [-0.1, -0.05) is 6.07 Å². The van der Waals surface area contributed by atoms with Gasteiger partial charge in [0.2, 0.25) is 15.9 Å². The smallest absolute Gasteiger partial charge is 0.243 e. The Labute approximate surface area is 106 Å². The molecule has 0 fully saturated rings. The summed E-state index contributed by atoms with van der Waals surface area (Å²) in [6.07, 6.45) is 0. The molecule has 0 saturated heterocycles. The quantitative estimate of drug-likeness (QED) is 0.826. The molecule has 0 aliphatic heterocycles. The van der Waals surface area contributed by atoms with E-state index in [1.165, 1.54) is 38.4 Å². The maximum absolute atomic E-state index is 12.1. The zero-order chi connectivity index (χ0) is 13.8. The molecule has 1 N–H and O–H groups in total. The number of carbonyl (C=O) groups excluding carboxylic acids is 1. The second-order valence-corrected chi connectivity index (χ2v) is 5.62. The van der Waals surface area contributed by atoms with Crippen LogP contribution in [-0.2, 0) is 14.8 Å². The molecule has 0 unspecified atom stereocenters. The second kappa shape index (κ2) is 5.62. The summed E-state index contributed by atoms with van der Waals surface area (Å²) < 4.78 is 25.1. The first-order valence-electron chi connectivity index (χ1n) is 5.09. The lowest BCUT2D eigenvalue weighted by Crippen LogP contribution is -2.36. The van der Waals surface area contributed by atoms with Crippen LogP contribution in [0.1, 0.15) is 5.56 Å². The highest BCUT2D eigenvalue weighted by molar-refractivity contribution is 7.89. The fourth-order valence-corrected chi connectivity index (χ4v) is 2.45. The number of nitrogens with zero attached hydrogens (tertiary/aromatic N) is 2. The van der Waals surface area contributed by atoms with Gasteiger partial charge in [0.15, 0.2) is 0 Å². The first-order chi connectivity index (χ1) is 8.41. The maximum atomic E-state index is 12.1. The van der Waals surface area contributed by atoms with Crippen LogP contribution in [0.25, 0.3) is 0 Å². The third kappa shape index (κ3) is 3.06. The van der Waals surface area contributed by atoms with Crippen LogP contribution in [-0.4, -0.2) is 39.3 Å². The lowest BCUT2D eigenvalue weighted by molar-refractivity contribution is -0.120. The van der Waals surface area contributed by atoms with Crippen LogP contribution in [0, 0.1) is 11.3 Å². The van der Waals surface area contributed by atoms with E-state index < -0.39 is 15.9 Å². The molecule has 1 aromatic carbocycles. The zero-order valence-corrected chi connectivity index (χ0v) is 10.9. The van der Waals surface area contributed by atoms with Gasteiger partial charge in [-0.25, -0.2) is 8.42 Å². The first kappa shape index (κ1) is 14.2. The van der Waals surface area contributed by atoms with Crippen LogP contribution < -0.4 is 5.32 Å². The van der Waals surface area contributed by atoms with Crippen molar-refractivity contribution in [2.24, 2.45) is 0 Å². The summed E-state index contributed by atoms with van der Waals surface area (Å²) in [5.41, 5.74) is 0.254. The van der Waals surface area contributed by atoms with Gasteiger partial charge < -0.3 is 5.32 Å². The molecule has 0 radical (unpaired) electrons. The zero-order valence-electron chi connectivity index (χ0n) is 10.0. The standard InChI is InChI=1S/C11H13N3O3S/c1-13-11(15)8-14(2)18(16,17)10-5-3-4-9(6-10)7-12/h3-6H,8H2,1-2H3,(H,13,15). The molecule has 0 saturated carbocycles. The lowest BCUT2D eigenvalue weighted by Gasteiger charge is -2.16. The first-order valence-corrected chi connectivity index (χ1v) is 6.53. The van der Waals surface area contributed by atoms with Gasteiger partial charge in [0.1, 0.15) is 0 Å². The SMILES string of the molecule is CNC(=O)CN(C)S(=O)(=O)c1cccc(C#N)c1. The van der Waals surface area contributed by atoms with Gasteiger partial charge in [0.05, 0.1) is 23.1 Å². The van der Waals surface area contributed by atoms with Gasteiger partial charge in [-0.15, -0.1) is 0 Å². The topological polar surface area (TPSA) is 90.3 Å². The molecule has 1 amide bonds. The van der Waals surface area contributed by atoms with E-state index in [2.05, 4.69) is 5.32 Å². The summed E-state index contributed by atoms with van der Waals surface area (Å²) >= 11 is 0. The Morgan fingerprint density at radius 1 is 1.50 bits per heavy atom. The van der Waals surface area contributed by atoms with Crippen molar-refractivity contribution in [3.05, 3.63) is 29.8 Å². The second-order valence-electron chi connectivity index (χ2n) is 3.57. The lowest BCUT2D eigenvalue weighted by atomic mass is 10.2. The van der Waals surface area contributed by atoms with Crippen molar-refractivity contribution in [1.82, 2.24) is 9.62 Å². The number of amides is 1. The van der Waals surface area contributed by atoms with Crippen LogP contribution in [0.2, 0.25) is 0 Å². The summed E-state index contributed by atoms with van der Waals surface area (Å²) in [5, 5.41) is 11.1. The molecule has 96 valence electrons. The summed E-state index contributed by atoms with van der Waals surface area (Å²) in [4.78, 5) is 11.1. The fourth-order valence-electron chi connectivity index (χ4n) is 1.27. The summed E-state index contributed by atoms with van der Waals surface area (Å²) in [7, 11) is -1.02. The Morgan fingerprint density at radius 3 is 2.72 bits per heavy atom. The highest BCUT2D eigenvalue weighted by Gasteiger charge is 2.22. The molecule has 1 aromatic rings. The van der Waals surface area contributed by atoms with Gasteiger partial charge in [0.25, 0.3) is 0 Å². The van der Waals surface area contributed by atoms with E-state index in [0.29, 0.717) is 0 Å². The van der Waals surface area contributed by atoms with Gasteiger partial charge in [0, 0.05) is 14.1 Å². The number of benzene rings is 1. The highest BCUT2D eigenvalue weighted by atomic mass is 32.2. The van der Waals surface area contributed by atoms with E-state index in [9.17, 15) is 13.2 Å². The predicted octanol–water partition coefficient (Wildman–Crippen LogP) is -0.0752. The molecule has 0 aliphatic carbocycles. The molecule has 0 aliphatic rings. The van der Waals surface area contributed by atoms with Gasteiger partial charge >= 0.3 is 0 Å². The molecular weight excluding hydrogens is 254 g/mol. The molecule has 7 heteroatoms. The minimum atomic E-state index is -3.76. The average molecular weight is 267 g/mol. The Hall–Kier alpha value is -1.91. The normalized spacial score (nSPS) is 11.0. The van der Waals surface area contributed by atoms with Gasteiger partial charge in [-0.3, -0.25) is 4.79 Å². The van der Waals surface area contributed by atoms with Gasteiger partial charge in [-0.05, 0) is 18.2 Å².